The van der Waals surface area contributed by atoms with Gasteiger partial charge in [0.15, 0.2) is 0 Å². The van der Waals surface area contributed by atoms with E-state index in [2.05, 4.69) is 22.4 Å². The zero-order valence-electron chi connectivity index (χ0n) is 7.43. The van der Waals surface area contributed by atoms with Gasteiger partial charge in [-0.25, -0.2) is 0 Å². The number of aryl methyl sites for hydroxylation is 1. The maximum absolute atomic E-state index is 4.07. The van der Waals surface area contributed by atoms with Crippen molar-refractivity contribution in [1.29, 1.82) is 0 Å². The predicted octanol–water partition coefficient (Wildman–Crippen LogP) is 1.40. The van der Waals surface area contributed by atoms with Crippen LogP contribution in [0.15, 0.2) is 6.20 Å². The molecule has 0 amide bonds. The van der Waals surface area contributed by atoms with Gasteiger partial charge in [0, 0.05) is 6.04 Å². The second-order valence-electron chi connectivity index (χ2n) is 3.31. The van der Waals surface area contributed by atoms with E-state index in [1.54, 1.807) is 0 Å². The van der Waals surface area contributed by atoms with Crippen LogP contribution < -0.4 is 5.32 Å². The summed E-state index contributed by atoms with van der Waals surface area (Å²) >= 11 is 0. The second-order valence-corrected chi connectivity index (χ2v) is 3.31. The highest BCUT2D eigenvalue weighted by Gasteiger charge is 2.19. The lowest BCUT2D eigenvalue weighted by atomic mass is 10.1. The number of nitrogens with one attached hydrogen (secondary N) is 2. The number of hydrogen-bond acceptors (Lipinski definition) is 2. The van der Waals surface area contributed by atoms with E-state index >= 15 is 0 Å². The van der Waals surface area contributed by atoms with Gasteiger partial charge in [0.1, 0.15) is 0 Å². The van der Waals surface area contributed by atoms with Crippen molar-refractivity contribution in [2.24, 2.45) is 0 Å². The molecule has 0 spiro atoms. The first-order chi connectivity index (χ1) is 5.92. The number of aromatic nitrogens is 2. The Morgan fingerprint density at radius 2 is 2.58 bits per heavy atom. The molecular weight excluding hydrogens is 150 g/mol. The molecule has 0 aliphatic carbocycles. The third kappa shape index (κ3) is 1.25. The molecule has 1 unspecified atom stereocenters. The Bertz CT molecular complexity index is 248. The summed E-state index contributed by atoms with van der Waals surface area (Å²) in [6, 6.07) is 0.530. The number of nitrogens with zero attached hydrogens (tertiary/aromatic N) is 1. The Morgan fingerprint density at radius 1 is 1.67 bits per heavy atom. The molecule has 3 heteroatoms. The van der Waals surface area contributed by atoms with Crippen LogP contribution in [0.1, 0.15) is 37.1 Å². The molecule has 2 rings (SSSR count). The van der Waals surface area contributed by atoms with E-state index in [4.69, 9.17) is 0 Å². The van der Waals surface area contributed by atoms with Crippen LogP contribution in [0, 0.1) is 0 Å². The van der Waals surface area contributed by atoms with E-state index in [1.807, 2.05) is 6.20 Å². The van der Waals surface area contributed by atoms with Crippen LogP contribution in [0.3, 0.4) is 0 Å². The smallest absolute Gasteiger partial charge is 0.0553 e. The molecule has 3 nitrogen and oxygen atoms in total. The zero-order valence-corrected chi connectivity index (χ0v) is 7.43. The molecule has 1 aromatic rings. The molecule has 1 aliphatic rings. The summed E-state index contributed by atoms with van der Waals surface area (Å²) in [6.07, 6.45) is 5.54. The molecule has 0 saturated carbocycles. The molecule has 2 N–H and O–H groups in total. The molecule has 1 aromatic heterocycles. The van der Waals surface area contributed by atoms with Crippen LogP contribution in [0.5, 0.6) is 0 Å². The molecule has 1 saturated heterocycles. The Balaban J connectivity index is 2.19. The van der Waals surface area contributed by atoms with E-state index in [-0.39, 0.29) is 0 Å². The average molecular weight is 165 g/mol. The number of rotatable bonds is 2. The Hall–Kier alpha value is -0.830. The minimum Gasteiger partial charge on any atom is -0.309 e. The van der Waals surface area contributed by atoms with E-state index in [1.165, 1.54) is 24.1 Å². The minimum atomic E-state index is 0.530. The van der Waals surface area contributed by atoms with Crippen LogP contribution >= 0.6 is 0 Å². The van der Waals surface area contributed by atoms with Gasteiger partial charge in [-0.15, -0.1) is 0 Å². The van der Waals surface area contributed by atoms with Crippen LogP contribution in [0.25, 0.3) is 0 Å². The zero-order chi connectivity index (χ0) is 8.39. The van der Waals surface area contributed by atoms with Gasteiger partial charge in [0.05, 0.1) is 11.9 Å². The third-order valence-corrected chi connectivity index (χ3v) is 2.54. The lowest BCUT2D eigenvalue weighted by Gasteiger charge is -2.08. The van der Waals surface area contributed by atoms with Crippen molar-refractivity contribution in [3.63, 3.8) is 0 Å². The predicted molar refractivity (Wildman–Crippen MR) is 47.9 cm³/mol. The fraction of sp³-hybridized carbons (Fsp3) is 0.667. The summed E-state index contributed by atoms with van der Waals surface area (Å²) in [7, 11) is 0. The summed E-state index contributed by atoms with van der Waals surface area (Å²) in [6.45, 7) is 3.32. The van der Waals surface area contributed by atoms with Crippen molar-refractivity contribution in [1.82, 2.24) is 15.5 Å². The van der Waals surface area contributed by atoms with Crippen LogP contribution in [-0.2, 0) is 6.42 Å². The topological polar surface area (TPSA) is 40.7 Å². The lowest BCUT2D eigenvalue weighted by molar-refractivity contribution is 0.619. The highest BCUT2D eigenvalue weighted by atomic mass is 15.1. The summed E-state index contributed by atoms with van der Waals surface area (Å²) in [5.41, 5.74) is 2.66. The summed E-state index contributed by atoms with van der Waals surface area (Å²) < 4.78 is 0. The Kier molecular flexibility index (Phi) is 2.13. The number of H-pyrrole nitrogens is 1. The van der Waals surface area contributed by atoms with Gasteiger partial charge < -0.3 is 5.32 Å². The summed E-state index contributed by atoms with van der Waals surface area (Å²) in [5.74, 6) is 0. The summed E-state index contributed by atoms with van der Waals surface area (Å²) in [5, 5.41) is 10.6. The first kappa shape index (κ1) is 7.80. The highest BCUT2D eigenvalue weighted by Crippen LogP contribution is 2.23. The Labute approximate surface area is 72.6 Å². The van der Waals surface area contributed by atoms with Gasteiger partial charge >= 0.3 is 0 Å². The van der Waals surface area contributed by atoms with E-state index in [9.17, 15) is 0 Å². The molecule has 66 valence electrons. The monoisotopic (exact) mass is 165 g/mol. The van der Waals surface area contributed by atoms with Gasteiger partial charge in [-0.1, -0.05) is 6.92 Å². The standard InChI is InChI=1S/C9H15N3/c1-2-7-6-11-12-9(7)8-4-3-5-10-8/h6,8,10H,2-5H2,1H3,(H,11,12). The van der Waals surface area contributed by atoms with Crippen molar-refractivity contribution in [3.05, 3.63) is 17.5 Å². The van der Waals surface area contributed by atoms with Crippen molar-refractivity contribution in [2.75, 3.05) is 6.54 Å². The van der Waals surface area contributed by atoms with Gasteiger partial charge in [0.2, 0.25) is 0 Å². The Morgan fingerprint density at radius 3 is 3.25 bits per heavy atom. The van der Waals surface area contributed by atoms with Crippen LogP contribution in [0.2, 0.25) is 0 Å². The lowest BCUT2D eigenvalue weighted by Crippen LogP contribution is -2.14. The maximum atomic E-state index is 4.07. The van der Waals surface area contributed by atoms with Crippen LogP contribution in [-0.4, -0.2) is 16.7 Å². The van der Waals surface area contributed by atoms with E-state index in [0.29, 0.717) is 6.04 Å². The molecule has 0 aromatic carbocycles. The normalized spacial score (nSPS) is 23.2. The molecule has 1 fully saturated rings. The van der Waals surface area contributed by atoms with Gasteiger partial charge in [-0.3, -0.25) is 5.10 Å². The van der Waals surface area contributed by atoms with Crippen LogP contribution in [0.4, 0.5) is 0 Å². The molecule has 1 aliphatic heterocycles. The highest BCUT2D eigenvalue weighted by molar-refractivity contribution is 5.20. The van der Waals surface area contributed by atoms with Crippen molar-refractivity contribution in [3.8, 4) is 0 Å². The van der Waals surface area contributed by atoms with Gasteiger partial charge in [-0.05, 0) is 31.4 Å². The fourth-order valence-electron chi connectivity index (χ4n) is 1.84. The fourth-order valence-corrected chi connectivity index (χ4v) is 1.84. The quantitative estimate of drug-likeness (QED) is 0.695. The molecule has 12 heavy (non-hydrogen) atoms. The van der Waals surface area contributed by atoms with Crippen molar-refractivity contribution in [2.45, 2.75) is 32.2 Å². The molecule has 2 heterocycles. The maximum Gasteiger partial charge on any atom is 0.0553 e. The summed E-state index contributed by atoms with van der Waals surface area (Å²) in [4.78, 5) is 0. The van der Waals surface area contributed by atoms with Crippen molar-refractivity contribution >= 4 is 0 Å². The van der Waals surface area contributed by atoms with E-state index < -0.39 is 0 Å². The third-order valence-electron chi connectivity index (χ3n) is 2.54. The number of hydrogen-bond donors (Lipinski definition) is 2. The molecule has 1 atom stereocenters. The first-order valence-corrected chi connectivity index (χ1v) is 4.67. The number of aromatic amines is 1. The second kappa shape index (κ2) is 3.27. The molecule has 0 radical (unpaired) electrons. The molecule has 0 bridgehead atoms. The van der Waals surface area contributed by atoms with Gasteiger partial charge in [-0.2, -0.15) is 5.10 Å². The first-order valence-electron chi connectivity index (χ1n) is 4.67. The molecular formula is C9H15N3. The van der Waals surface area contributed by atoms with E-state index in [0.717, 1.165) is 13.0 Å². The SMILES string of the molecule is CCc1cn[nH]c1C1CCCN1. The minimum absolute atomic E-state index is 0.530. The average Bonchev–Trinajstić information content (AvgIpc) is 2.74. The van der Waals surface area contributed by atoms with Crippen molar-refractivity contribution < 1.29 is 0 Å². The van der Waals surface area contributed by atoms with Gasteiger partial charge in [0.25, 0.3) is 0 Å². The largest absolute Gasteiger partial charge is 0.309 e.